The second-order valence-electron chi connectivity index (χ2n) is 3.33. The fourth-order valence-electron chi connectivity index (χ4n) is 1.14. The molecule has 66 valence electrons. The van der Waals surface area contributed by atoms with Gasteiger partial charge in [0.1, 0.15) is 11.5 Å². The molecule has 0 radical (unpaired) electrons. The molecule has 0 fully saturated rings. The average molecular weight is 166 g/mol. The molecule has 0 bridgehead atoms. The second kappa shape index (κ2) is 3.13. The van der Waals surface area contributed by atoms with E-state index in [1.54, 1.807) is 6.92 Å². The minimum Gasteiger partial charge on any atom is -0.465 e. The van der Waals surface area contributed by atoms with Crippen molar-refractivity contribution in [3.63, 3.8) is 0 Å². The predicted octanol–water partition coefficient (Wildman–Crippen LogP) is 2.91. The van der Waals surface area contributed by atoms with E-state index in [1.165, 1.54) is 0 Å². The summed E-state index contributed by atoms with van der Waals surface area (Å²) < 4.78 is 5.42. The van der Waals surface area contributed by atoms with Crippen LogP contribution in [0.2, 0.25) is 0 Å². The maximum absolute atomic E-state index is 11.0. The fourth-order valence-corrected chi connectivity index (χ4v) is 1.14. The highest BCUT2D eigenvalue weighted by atomic mass is 16.3. The van der Waals surface area contributed by atoms with Crippen LogP contribution in [0.3, 0.4) is 0 Å². The van der Waals surface area contributed by atoms with Crippen LogP contribution < -0.4 is 0 Å². The molecule has 0 amide bonds. The minimum absolute atomic E-state index is 0.0724. The van der Waals surface area contributed by atoms with E-state index in [-0.39, 0.29) is 5.78 Å². The lowest BCUT2D eigenvalue weighted by atomic mass is 10.1. The van der Waals surface area contributed by atoms with Crippen molar-refractivity contribution in [1.82, 2.24) is 0 Å². The highest BCUT2D eigenvalue weighted by molar-refractivity contribution is 5.95. The van der Waals surface area contributed by atoms with E-state index in [1.807, 2.05) is 26.8 Å². The number of hydrogen-bond donors (Lipinski definition) is 0. The summed E-state index contributed by atoms with van der Waals surface area (Å²) in [4.78, 5) is 11.0. The molecule has 0 saturated carbocycles. The van der Waals surface area contributed by atoms with E-state index in [0.717, 1.165) is 11.5 Å². The third-order valence-electron chi connectivity index (χ3n) is 1.89. The molecule has 0 atom stereocenters. The first-order valence-electron chi connectivity index (χ1n) is 4.13. The molecule has 1 heterocycles. The molecule has 2 heteroatoms. The number of carbonyl (C=O) groups excluding carboxylic acids is 1. The summed E-state index contributed by atoms with van der Waals surface area (Å²) in [5.74, 6) is 2.03. The number of rotatable bonds is 2. The van der Waals surface area contributed by atoms with Gasteiger partial charge in [-0.15, -0.1) is 0 Å². The van der Waals surface area contributed by atoms with Gasteiger partial charge in [0.2, 0.25) is 0 Å². The van der Waals surface area contributed by atoms with Crippen molar-refractivity contribution in [2.75, 3.05) is 0 Å². The maximum atomic E-state index is 11.0. The number of hydrogen-bond acceptors (Lipinski definition) is 2. The van der Waals surface area contributed by atoms with Crippen molar-refractivity contribution in [1.29, 1.82) is 0 Å². The first kappa shape index (κ1) is 9.04. The largest absolute Gasteiger partial charge is 0.465 e. The van der Waals surface area contributed by atoms with Gasteiger partial charge in [0.25, 0.3) is 0 Å². The van der Waals surface area contributed by atoms with Crippen LogP contribution >= 0.6 is 0 Å². The Morgan fingerprint density at radius 1 is 1.50 bits per heavy atom. The molecule has 0 saturated heterocycles. The second-order valence-corrected chi connectivity index (χ2v) is 3.33. The Morgan fingerprint density at radius 3 is 2.33 bits per heavy atom. The standard InChI is InChI=1S/C10H14O2/c1-6(2)10-5-9(7(3)11)8(4)12-10/h5-6H,1-4H3. The van der Waals surface area contributed by atoms with Gasteiger partial charge in [-0.25, -0.2) is 0 Å². The van der Waals surface area contributed by atoms with Crippen LogP contribution in [0.15, 0.2) is 10.5 Å². The lowest BCUT2D eigenvalue weighted by Crippen LogP contribution is -1.90. The fraction of sp³-hybridized carbons (Fsp3) is 0.500. The molecule has 1 aromatic rings. The maximum Gasteiger partial charge on any atom is 0.163 e. The highest BCUT2D eigenvalue weighted by Gasteiger charge is 2.12. The molecule has 0 N–H and O–H groups in total. The average Bonchev–Trinajstić information content (AvgIpc) is 2.30. The number of carbonyl (C=O) groups is 1. The van der Waals surface area contributed by atoms with Crippen LogP contribution in [0.1, 0.15) is 48.6 Å². The summed E-state index contributed by atoms with van der Waals surface area (Å²) >= 11 is 0. The van der Waals surface area contributed by atoms with E-state index in [4.69, 9.17) is 4.42 Å². The summed E-state index contributed by atoms with van der Waals surface area (Å²) in [6.45, 7) is 7.47. The molecule has 0 aliphatic heterocycles. The van der Waals surface area contributed by atoms with E-state index in [2.05, 4.69) is 0 Å². The molecule has 1 rings (SSSR count). The number of ketones is 1. The van der Waals surface area contributed by atoms with Gasteiger partial charge in [-0.1, -0.05) is 13.8 Å². The summed E-state index contributed by atoms with van der Waals surface area (Å²) in [5, 5.41) is 0. The van der Waals surface area contributed by atoms with Crippen molar-refractivity contribution in [3.05, 3.63) is 23.2 Å². The minimum atomic E-state index is 0.0724. The van der Waals surface area contributed by atoms with E-state index in [9.17, 15) is 4.79 Å². The van der Waals surface area contributed by atoms with Gasteiger partial charge in [-0.3, -0.25) is 4.79 Å². The zero-order valence-corrected chi connectivity index (χ0v) is 7.97. The molecule has 0 aliphatic carbocycles. The SMILES string of the molecule is CC(=O)c1cc(C(C)C)oc1C. The molecule has 1 aromatic heterocycles. The smallest absolute Gasteiger partial charge is 0.163 e. The van der Waals surface area contributed by atoms with Crippen molar-refractivity contribution in [2.24, 2.45) is 0 Å². The first-order valence-corrected chi connectivity index (χ1v) is 4.13. The van der Waals surface area contributed by atoms with Crippen molar-refractivity contribution in [3.8, 4) is 0 Å². The molecular formula is C10H14O2. The molecule has 0 spiro atoms. The summed E-state index contributed by atoms with van der Waals surface area (Å²) in [5.41, 5.74) is 0.707. The topological polar surface area (TPSA) is 30.2 Å². The lowest BCUT2D eigenvalue weighted by Gasteiger charge is -1.96. The zero-order valence-electron chi connectivity index (χ0n) is 7.97. The lowest BCUT2D eigenvalue weighted by molar-refractivity contribution is 0.101. The molecule has 0 aliphatic rings. The van der Waals surface area contributed by atoms with E-state index < -0.39 is 0 Å². The van der Waals surface area contributed by atoms with Crippen LogP contribution in [0, 0.1) is 6.92 Å². The van der Waals surface area contributed by atoms with Crippen LogP contribution in [-0.4, -0.2) is 5.78 Å². The first-order chi connectivity index (χ1) is 5.52. The van der Waals surface area contributed by atoms with Crippen molar-refractivity contribution >= 4 is 5.78 Å². The van der Waals surface area contributed by atoms with Gasteiger partial charge < -0.3 is 4.42 Å². The van der Waals surface area contributed by atoms with Gasteiger partial charge in [0.15, 0.2) is 5.78 Å². The van der Waals surface area contributed by atoms with Crippen molar-refractivity contribution < 1.29 is 9.21 Å². The zero-order chi connectivity index (χ0) is 9.30. The van der Waals surface area contributed by atoms with Crippen molar-refractivity contribution in [2.45, 2.75) is 33.6 Å². The van der Waals surface area contributed by atoms with E-state index >= 15 is 0 Å². The quantitative estimate of drug-likeness (QED) is 0.632. The normalized spacial score (nSPS) is 10.8. The third kappa shape index (κ3) is 1.58. The van der Waals surface area contributed by atoms with Gasteiger partial charge in [0, 0.05) is 5.92 Å². The Kier molecular flexibility index (Phi) is 2.36. The molecule has 12 heavy (non-hydrogen) atoms. The molecule has 0 aromatic carbocycles. The van der Waals surface area contributed by atoms with Crippen LogP contribution in [0.4, 0.5) is 0 Å². The summed E-state index contributed by atoms with van der Waals surface area (Å²) in [7, 11) is 0. The third-order valence-corrected chi connectivity index (χ3v) is 1.89. The van der Waals surface area contributed by atoms with Gasteiger partial charge in [0.05, 0.1) is 5.56 Å². The summed E-state index contributed by atoms with van der Waals surface area (Å²) in [6, 6.07) is 1.84. The van der Waals surface area contributed by atoms with Crippen LogP contribution in [0.25, 0.3) is 0 Å². The molecule has 2 nitrogen and oxygen atoms in total. The van der Waals surface area contributed by atoms with E-state index in [0.29, 0.717) is 11.5 Å². The highest BCUT2D eigenvalue weighted by Crippen LogP contribution is 2.21. The molecule has 0 unspecified atom stereocenters. The van der Waals surface area contributed by atoms with Crippen LogP contribution in [-0.2, 0) is 0 Å². The van der Waals surface area contributed by atoms with Gasteiger partial charge in [-0.05, 0) is 19.9 Å². The summed E-state index contributed by atoms with van der Waals surface area (Å²) in [6.07, 6.45) is 0. The number of Topliss-reactive ketones (excluding diaryl/α,β-unsaturated/α-hetero) is 1. The Bertz CT molecular complexity index is 295. The number of furan rings is 1. The Labute approximate surface area is 72.6 Å². The Balaban J connectivity index is 3.09. The monoisotopic (exact) mass is 166 g/mol. The van der Waals surface area contributed by atoms with Gasteiger partial charge in [-0.2, -0.15) is 0 Å². The van der Waals surface area contributed by atoms with Crippen LogP contribution in [0.5, 0.6) is 0 Å². The predicted molar refractivity (Wildman–Crippen MR) is 47.5 cm³/mol. The Hall–Kier alpha value is -1.05. The Morgan fingerprint density at radius 2 is 2.08 bits per heavy atom. The molecular weight excluding hydrogens is 152 g/mol. The number of aryl methyl sites for hydroxylation is 1. The van der Waals surface area contributed by atoms with Gasteiger partial charge >= 0.3 is 0 Å².